The molecule has 1 saturated heterocycles. The van der Waals surface area contributed by atoms with Crippen LogP contribution in [0.15, 0.2) is 24.3 Å². The van der Waals surface area contributed by atoms with Gasteiger partial charge in [-0.3, -0.25) is 0 Å². The first-order chi connectivity index (χ1) is 9.52. The van der Waals surface area contributed by atoms with Gasteiger partial charge in [-0.1, -0.05) is 36.7 Å². The molecule has 0 amide bonds. The van der Waals surface area contributed by atoms with Crippen molar-refractivity contribution in [2.75, 3.05) is 18.1 Å². The highest BCUT2D eigenvalue weighted by Crippen LogP contribution is 2.32. The van der Waals surface area contributed by atoms with Gasteiger partial charge in [0.05, 0.1) is 11.5 Å². The van der Waals surface area contributed by atoms with Crippen LogP contribution in [0.5, 0.6) is 0 Å². The first-order valence-corrected chi connectivity index (χ1v) is 9.40. The van der Waals surface area contributed by atoms with E-state index in [0.717, 1.165) is 36.4 Å². The number of benzene rings is 1. The average molecular weight is 316 g/mol. The van der Waals surface area contributed by atoms with E-state index < -0.39 is 9.84 Å². The fourth-order valence-corrected chi connectivity index (χ4v) is 4.94. The van der Waals surface area contributed by atoms with Gasteiger partial charge in [-0.25, -0.2) is 8.42 Å². The molecule has 112 valence electrons. The van der Waals surface area contributed by atoms with Crippen LogP contribution >= 0.6 is 11.6 Å². The van der Waals surface area contributed by atoms with Crippen molar-refractivity contribution in [3.05, 3.63) is 34.9 Å². The number of sulfone groups is 1. The molecule has 3 nitrogen and oxygen atoms in total. The molecule has 0 spiro atoms. The second kappa shape index (κ2) is 6.92. The molecule has 1 aromatic carbocycles. The molecule has 1 fully saturated rings. The van der Waals surface area contributed by atoms with Crippen LogP contribution in [0.1, 0.15) is 37.8 Å². The quantitative estimate of drug-likeness (QED) is 0.877. The second-order valence-electron chi connectivity index (χ2n) is 5.53. The van der Waals surface area contributed by atoms with E-state index in [9.17, 15) is 8.42 Å². The lowest BCUT2D eigenvalue weighted by atomic mass is 9.94. The molecular weight excluding hydrogens is 294 g/mol. The first kappa shape index (κ1) is 15.8. The number of halogens is 1. The summed E-state index contributed by atoms with van der Waals surface area (Å²) < 4.78 is 23.2. The minimum Gasteiger partial charge on any atom is -0.310 e. The van der Waals surface area contributed by atoms with E-state index in [0.29, 0.717) is 11.5 Å². The van der Waals surface area contributed by atoms with Crippen molar-refractivity contribution in [1.82, 2.24) is 5.32 Å². The molecule has 5 heteroatoms. The van der Waals surface area contributed by atoms with E-state index in [1.807, 2.05) is 24.3 Å². The van der Waals surface area contributed by atoms with Crippen molar-refractivity contribution in [1.29, 1.82) is 0 Å². The minimum atomic E-state index is -2.81. The van der Waals surface area contributed by atoms with E-state index in [1.54, 1.807) is 0 Å². The van der Waals surface area contributed by atoms with Gasteiger partial charge >= 0.3 is 0 Å². The lowest BCUT2D eigenvalue weighted by Gasteiger charge is -2.22. The molecule has 2 rings (SSSR count). The Balaban J connectivity index is 2.10. The van der Waals surface area contributed by atoms with Crippen LogP contribution in [-0.4, -0.2) is 26.5 Å². The first-order valence-electron chi connectivity index (χ1n) is 7.20. The van der Waals surface area contributed by atoms with Crippen LogP contribution in [-0.2, 0) is 9.84 Å². The van der Waals surface area contributed by atoms with Gasteiger partial charge in [0, 0.05) is 11.1 Å². The van der Waals surface area contributed by atoms with Crippen molar-refractivity contribution < 1.29 is 8.42 Å². The van der Waals surface area contributed by atoms with Gasteiger partial charge in [-0.15, -0.1) is 0 Å². The van der Waals surface area contributed by atoms with E-state index in [-0.39, 0.29) is 12.0 Å². The van der Waals surface area contributed by atoms with Gasteiger partial charge in [0.1, 0.15) is 0 Å². The Labute approximate surface area is 126 Å². The molecule has 1 aliphatic heterocycles. The van der Waals surface area contributed by atoms with E-state index >= 15 is 0 Å². The molecule has 0 bridgehead atoms. The highest BCUT2D eigenvalue weighted by Gasteiger charge is 2.30. The lowest BCUT2D eigenvalue weighted by molar-refractivity contribution is 0.415. The van der Waals surface area contributed by atoms with Gasteiger partial charge < -0.3 is 5.32 Å². The zero-order valence-corrected chi connectivity index (χ0v) is 13.4. The van der Waals surface area contributed by atoms with E-state index in [1.165, 1.54) is 0 Å². The smallest absolute Gasteiger partial charge is 0.150 e. The summed E-state index contributed by atoms with van der Waals surface area (Å²) in [5.41, 5.74) is 1.08. The summed E-state index contributed by atoms with van der Waals surface area (Å²) >= 11 is 6.28. The molecule has 0 saturated carbocycles. The normalized spacial score (nSPS) is 22.8. The third-order valence-electron chi connectivity index (χ3n) is 3.82. The van der Waals surface area contributed by atoms with Crippen LogP contribution in [0.3, 0.4) is 0 Å². The molecular formula is C15H22ClNO2S. The number of rotatable bonds is 6. The number of hydrogen-bond donors (Lipinski definition) is 1. The predicted octanol–water partition coefficient (Wildman–Crippen LogP) is 3.21. The van der Waals surface area contributed by atoms with Crippen LogP contribution in [0.25, 0.3) is 0 Å². The Hall–Kier alpha value is -0.580. The van der Waals surface area contributed by atoms with E-state index in [4.69, 9.17) is 11.6 Å². The molecule has 0 aliphatic carbocycles. The highest BCUT2D eigenvalue weighted by molar-refractivity contribution is 7.91. The molecule has 0 aromatic heterocycles. The Morgan fingerprint density at radius 3 is 2.75 bits per heavy atom. The molecule has 2 atom stereocenters. The fourth-order valence-electron chi connectivity index (χ4n) is 2.79. The maximum absolute atomic E-state index is 11.6. The van der Waals surface area contributed by atoms with Gasteiger partial charge in [0.15, 0.2) is 9.84 Å². The predicted molar refractivity (Wildman–Crippen MR) is 83.9 cm³/mol. The Morgan fingerprint density at radius 1 is 1.40 bits per heavy atom. The van der Waals surface area contributed by atoms with Crippen LogP contribution in [0, 0.1) is 5.92 Å². The van der Waals surface area contributed by atoms with Crippen molar-refractivity contribution in [3.63, 3.8) is 0 Å². The summed E-state index contributed by atoms with van der Waals surface area (Å²) in [6.45, 7) is 3.03. The Bertz CT molecular complexity index is 545. The monoisotopic (exact) mass is 315 g/mol. The molecule has 2 unspecified atom stereocenters. The summed E-state index contributed by atoms with van der Waals surface area (Å²) in [5, 5.41) is 4.25. The molecule has 20 heavy (non-hydrogen) atoms. The van der Waals surface area contributed by atoms with Crippen molar-refractivity contribution in [2.45, 2.75) is 32.2 Å². The van der Waals surface area contributed by atoms with Gasteiger partial charge in [0.2, 0.25) is 0 Å². The molecule has 1 aromatic rings. The van der Waals surface area contributed by atoms with Crippen LogP contribution in [0.2, 0.25) is 5.02 Å². The summed E-state index contributed by atoms with van der Waals surface area (Å²) in [7, 11) is -2.81. The number of nitrogens with one attached hydrogen (secondary N) is 1. The largest absolute Gasteiger partial charge is 0.310 e. The summed E-state index contributed by atoms with van der Waals surface area (Å²) in [5.74, 6) is 0.897. The molecule has 0 radical (unpaired) electrons. The molecule has 1 N–H and O–H groups in total. The lowest BCUT2D eigenvalue weighted by Crippen LogP contribution is -2.25. The minimum absolute atomic E-state index is 0.141. The van der Waals surface area contributed by atoms with Gasteiger partial charge in [0.25, 0.3) is 0 Å². The third-order valence-corrected chi connectivity index (χ3v) is 6.00. The third kappa shape index (κ3) is 4.21. The van der Waals surface area contributed by atoms with Gasteiger partial charge in [-0.05, 0) is 43.4 Å². The second-order valence-corrected chi connectivity index (χ2v) is 8.17. The average Bonchev–Trinajstić information content (AvgIpc) is 2.75. The Morgan fingerprint density at radius 2 is 2.15 bits per heavy atom. The topological polar surface area (TPSA) is 46.2 Å². The maximum atomic E-state index is 11.6. The zero-order chi connectivity index (χ0) is 14.6. The molecule has 1 heterocycles. The zero-order valence-electron chi connectivity index (χ0n) is 11.8. The molecule has 1 aliphatic rings. The van der Waals surface area contributed by atoms with E-state index in [2.05, 4.69) is 12.2 Å². The fraction of sp³-hybridized carbons (Fsp3) is 0.600. The van der Waals surface area contributed by atoms with Crippen molar-refractivity contribution >= 4 is 21.4 Å². The number of hydrogen-bond acceptors (Lipinski definition) is 3. The van der Waals surface area contributed by atoms with Crippen molar-refractivity contribution in [2.24, 2.45) is 5.92 Å². The summed E-state index contributed by atoms with van der Waals surface area (Å²) in [6, 6.07) is 7.96. The van der Waals surface area contributed by atoms with Gasteiger partial charge in [-0.2, -0.15) is 0 Å². The highest BCUT2D eigenvalue weighted by atomic mass is 35.5. The summed E-state index contributed by atoms with van der Waals surface area (Å²) in [4.78, 5) is 0. The van der Waals surface area contributed by atoms with Crippen molar-refractivity contribution in [3.8, 4) is 0 Å². The van der Waals surface area contributed by atoms with Crippen LogP contribution < -0.4 is 5.32 Å². The maximum Gasteiger partial charge on any atom is 0.150 e. The standard InChI is InChI=1S/C15H22ClNO2S/c1-2-8-17-15(13-5-3-4-6-14(13)16)10-12-7-9-20(18,19)11-12/h3-6,12,15,17H,2,7-11H2,1H3. The Kier molecular flexibility index (Phi) is 5.47. The SMILES string of the molecule is CCCNC(CC1CCS(=O)(=O)C1)c1ccccc1Cl. The van der Waals surface area contributed by atoms with Crippen LogP contribution in [0.4, 0.5) is 0 Å². The summed E-state index contributed by atoms with van der Waals surface area (Å²) in [6.07, 6.45) is 2.66.